The number of carbonyl (C=O) groups excluding carboxylic acids is 1. The minimum atomic E-state index is -3.25. The Morgan fingerprint density at radius 2 is 1.96 bits per heavy atom. The van der Waals surface area contributed by atoms with Crippen molar-refractivity contribution in [3.63, 3.8) is 0 Å². The summed E-state index contributed by atoms with van der Waals surface area (Å²) in [7, 11) is -1.75. The highest BCUT2D eigenvalue weighted by atomic mass is 32.2. The van der Waals surface area contributed by atoms with Gasteiger partial charge in [-0.3, -0.25) is 4.79 Å². The van der Waals surface area contributed by atoms with Gasteiger partial charge in [0.15, 0.2) is 0 Å². The minimum absolute atomic E-state index is 0.0287. The third kappa shape index (κ3) is 4.27. The van der Waals surface area contributed by atoms with E-state index in [1.54, 1.807) is 18.5 Å². The molecule has 1 aromatic heterocycles. The second-order valence-corrected chi connectivity index (χ2v) is 9.02. The quantitative estimate of drug-likeness (QED) is 0.738. The van der Waals surface area contributed by atoms with E-state index in [0.717, 1.165) is 38.7 Å². The van der Waals surface area contributed by atoms with Gasteiger partial charge >= 0.3 is 0 Å². The Morgan fingerprint density at radius 3 is 2.64 bits per heavy atom. The number of fused-ring (bicyclic) bond motifs is 4. The largest absolute Gasteiger partial charge is 0.338 e. The molecular weight excluding hydrogens is 342 g/mol. The Kier molecular flexibility index (Phi) is 5.24. The van der Waals surface area contributed by atoms with Crippen molar-refractivity contribution >= 4 is 21.9 Å². The number of carbonyl (C=O) groups is 1. The van der Waals surface area contributed by atoms with Gasteiger partial charge in [-0.15, -0.1) is 0 Å². The van der Waals surface area contributed by atoms with Crippen LogP contribution in [0.3, 0.4) is 0 Å². The van der Waals surface area contributed by atoms with E-state index in [9.17, 15) is 13.2 Å². The van der Waals surface area contributed by atoms with Gasteiger partial charge in [-0.05, 0) is 24.8 Å². The standard InChI is InChI=1S/C16H25N5O3S/c1-19(25(2,23)24)9-6-15(22)21-11-13-4-5-14(21)12-20(10-13)16-17-7-3-8-18-16/h3,7-8,13-14H,4-6,9-12H2,1-2H3/t13-,14+/m1/s1. The van der Waals surface area contributed by atoms with Gasteiger partial charge in [0.2, 0.25) is 21.9 Å². The van der Waals surface area contributed by atoms with Gasteiger partial charge in [0, 0.05) is 58.1 Å². The number of amides is 1. The molecule has 0 aliphatic carbocycles. The normalized spacial score (nSPS) is 23.8. The van der Waals surface area contributed by atoms with E-state index in [1.165, 1.54) is 11.4 Å². The molecule has 3 aliphatic heterocycles. The number of nitrogens with zero attached hydrogens (tertiary/aromatic N) is 5. The minimum Gasteiger partial charge on any atom is -0.338 e. The number of piperidine rings is 1. The highest BCUT2D eigenvalue weighted by Crippen LogP contribution is 2.29. The lowest BCUT2D eigenvalue weighted by Crippen LogP contribution is -2.48. The zero-order chi connectivity index (χ0) is 18.0. The molecule has 4 rings (SSSR count). The zero-order valence-corrected chi connectivity index (χ0v) is 15.5. The van der Waals surface area contributed by atoms with Crippen LogP contribution < -0.4 is 4.90 Å². The molecule has 2 bridgehead atoms. The first-order valence-electron chi connectivity index (χ1n) is 8.57. The van der Waals surface area contributed by atoms with E-state index in [4.69, 9.17) is 0 Å². The van der Waals surface area contributed by atoms with Gasteiger partial charge in [-0.25, -0.2) is 22.7 Å². The summed E-state index contributed by atoms with van der Waals surface area (Å²) in [5, 5.41) is 0. The average molecular weight is 367 g/mol. The molecule has 0 aromatic carbocycles. The van der Waals surface area contributed by atoms with Crippen molar-refractivity contribution in [2.24, 2.45) is 5.92 Å². The molecule has 0 N–H and O–H groups in total. The molecular formula is C16H25N5O3S. The smallest absolute Gasteiger partial charge is 0.225 e. The van der Waals surface area contributed by atoms with E-state index >= 15 is 0 Å². The molecule has 3 saturated heterocycles. The van der Waals surface area contributed by atoms with Crippen molar-refractivity contribution in [3.8, 4) is 0 Å². The van der Waals surface area contributed by atoms with Gasteiger partial charge in [-0.2, -0.15) is 0 Å². The number of hydrogen-bond donors (Lipinski definition) is 0. The number of rotatable bonds is 5. The van der Waals surface area contributed by atoms with Gasteiger partial charge < -0.3 is 9.80 Å². The summed E-state index contributed by atoms with van der Waals surface area (Å²) in [6, 6.07) is 1.93. The first-order chi connectivity index (χ1) is 11.8. The predicted octanol–water partition coefficient (Wildman–Crippen LogP) is 0.185. The maximum Gasteiger partial charge on any atom is 0.225 e. The Balaban J connectivity index is 1.65. The van der Waals surface area contributed by atoms with Crippen LogP contribution in [0.5, 0.6) is 0 Å². The van der Waals surface area contributed by atoms with E-state index in [-0.39, 0.29) is 24.9 Å². The number of sulfonamides is 1. The predicted molar refractivity (Wildman–Crippen MR) is 94.6 cm³/mol. The molecule has 8 nitrogen and oxygen atoms in total. The number of aromatic nitrogens is 2. The van der Waals surface area contributed by atoms with Crippen molar-refractivity contribution in [2.75, 3.05) is 44.4 Å². The SMILES string of the molecule is CN(CCC(=O)N1C[C@@H]2CC[C@H]1CN(c1ncccn1)C2)S(C)(=O)=O. The first kappa shape index (κ1) is 18.1. The molecule has 1 aromatic rings. The fraction of sp³-hybridized carbons (Fsp3) is 0.688. The average Bonchev–Trinajstić information content (AvgIpc) is 2.91. The van der Waals surface area contributed by atoms with Crippen molar-refractivity contribution in [1.29, 1.82) is 0 Å². The van der Waals surface area contributed by atoms with Crippen molar-refractivity contribution in [1.82, 2.24) is 19.2 Å². The Labute approximate surface area is 148 Å². The molecule has 4 heterocycles. The van der Waals surface area contributed by atoms with E-state index in [1.807, 2.05) is 4.90 Å². The fourth-order valence-corrected chi connectivity index (χ4v) is 3.99. The van der Waals surface area contributed by atoms with E-state index < -0.39 is 10.0 Å². The third-order valence-corrected chi connectivity index (χ3v) is 6.39. The molecule has 3 aliphatic rings. The molecule has 0 radical (unpaired) electrons. The van der Waals surface area contributed by atoms with Crippen LogP contribution in [0.4, 0.5) is 5.95 Å². The van der Waals surface area contributed by atoms with Crippen LogP contribution in [0.25, 0.3) is 0 Å². The second kappa shape index (κ2) is 7.25. The summed E-state index contributed by atoms with van der Waals surface area (Å²) >= 11 is 0. The van der Waals surface area contributed by atoms with Crippen LogP contribution in [0.2, 0.25) is 0 Å². The Hall–Kier alpha value is -1.74. The third-order valence-electron chi connectivity index (χ3n) is 5.08. The van der Waals surface area contributed by atoms with Gasteiger partial charge in [0.05, 0.1) is 6.26 Å². The highest BCUT2D eigenvalue weighted by molar-refractivity contribution is 7.88. The lowest BCUT2D eigenvalue weighted by atomic mass is 9.95. The van der Waals surface area contributed by atoms with Crippen LogP contribution in [0.1, 0.15) is 19.3 Å². The van der Waals surface area contributed by atoms with Crippen LogP contribution in [-0.4, -0.2) is 79.0 Å². The molecule has 25 heavy (non-hydrogen) atoms. The van der Waals surface area contributed by atoms with Crippen LogP contribution in [-0.2, 0) is 14.8 Å². The summed E-state index contributed by atoms with van der Waals surface area (Å²) in [5.41, 5.74) is 0. The molecule has 0 unspecified atom stereocenters. The van der Waals surface area contributed by atoms with Crippen LogP contribution >= 0.6 is 0 Å². The summed E-state index contributed by atoms with van der Waals surface area (Å²) in [6.07, 6.45) is 6.92. The summed E-state index contributed by atoms with van der Waals surface area (Å²) in [5.74, 6) is 1.14. The molecule has 9 heteroatoms. The van der Waals surface area contributed by atoms with Crippen molar-refractivity contribution in [2.45, 2.75) is 25.3 Å². The molecule has 1 amide bonds. The van der Waals surface area contributed by atoms with Gasteiger partial charge in [0.25, 0.3) is 0 Å². The summed E-state index contributed by atoms with van der Waals surface area (Å²) < 4.78 is 24.2. The first-order valence-corrected chi connectivity index (χ1v) is 10.4. The molecule has 0 saturated carbocycles. The lowest BCUT2D eigenvalue weighted by Gasteiger charge is -2.36. The van der Waals surface area contributed by atoms with Crippen molar-refractivity contribution in [3.05, 3.63) is 18.5 Å². The van der Waals surface area contributed by atoms with Gasteiger partial charge in [0.1, 0.15) is 0 Å². The maximum atomic E-state index is 12.7. The Bertz CT molecular complexity index is 712. The van der Waals surface area contributed by atoms with E-state index in [0.29, 0.717) is 11.9 Å². The molecule has 3 fully saturated rings. The number of hydrogen-bond acceptors (Lipinski definition) is 6. The highest BCUT2D eigenvalue weighted by Gasteiger charge is 2.37. The monoisotopic (exact) mass is 367 g/mol. The molecule has 2 atom stereocenters. The van der Waals surface area contributed by atoms with Gasteiger partial charge in [-0.1, -0.05) is 0 Å². The summed E-state index contributed by atoms with van der Waals surface area (Å²) in [4.78, 5) is 25.4. The molecule has 0 spiro atoms. The van der Waals surface area contributed by atoms with E-state index in [2.05, 4.69) is 14.9 Å². The van der Waals surface area contributed by atoms with Crippen LogP contribution in [0, 0.1) is 5.92 Å². The summed E-state index contributed by atoms with van der Waals surface area (Å²) in [6.45, 7) is 2.54. The lowest BCUT2D eigenvalue weighted by molar-refractivity contribution is -0.135. The van der Waals surface area contributed by atoms with Crippen molar-refractivity contribution < 1.29 is 13.2 Å². The number of anilines is 1. The fourth-order valence-electron chi connectivity index (χ4n) is 3.57. The molecule has 138 valence electrons. The second-order valence-electron chi connectivity index (χ2n) is 6.93. The zero-order valence-electron chi connectivity index (χ0n) is 14.7. The maximum absolute atomic E-state index is 12.7. The topological polar surface area (TPSA) is 86.7 Å². The Morgan fingerprint density at radius 1 is 1.24 bits per heavy atom. The van der Waals surface area contributed by atoms with Crippen LogP contribution in [0.15, 0.2) is 18.5 Å².